The quantitative estimate of drug-likeness (QED) is 0.450. The molecule has 118 valence electrons. The Balaban J connectivity index is 1.82. The van der Waals surface area contributed by atoms with E-state index in [1.54, 1.807) is 17.7 Å². The van der Waals surface area contributed by atoms with Gasteiger partial charge in [-0.25, -0.2) is 9.97 Å². The van der Waals surface area contributed by atoms with E-state index in [0.29, 0.717) is 0 Å². The molecule has 0 atom stereocenters. The highest BCUT2D eigenvalue weighted by Gasteiger charge is 2.13. The van der Waals surface area contributed by atoms with Crippen molar-refractivity contribution in [2.75, 3.05) is 5.32 Å². The number of nitrogens with zero attached hydrogens (tertiary/aromatic N) is 2. The number of aromatic nitrogens is 2. The van der Waals surface area contributed by atoms with Crippen LogP contribution in [0.2, 0.25) is 0 Å². The van der Waals surface area contributed by atoms with E-state index in [4.69, 9.17) is 0 Å². The fourth-order valence-corrected chi connectivity index (χ4v) is 3.77. The van der Waals surface area contributed by atoms with Gasteiger partial charge >= 0.3 is 0 Å². The van der Waals surface area contributed by atoms with Crippen molar-refractivity contribution in [3.05, 3.63) is 70.3 Å². The van der Waals surface area contributed by atoms with Crippen molar-refractivity contribution in [2.45, 2.75) is 6.92 Å². The minimum Gasteiger partial charge on any atom is -0.340 e. The lowest BCUT2D eigenvalue weighted by Gasteiger charge is -2.09. The number of hydrogen-bond acceptors (Lipinski definition) is 4. The number of rotatable bonds is 3. The summed E-state index contributed by atoms with van der Waals surface area (Å²) in [7, 11) is 0. The third-order valence-electron chi connectivity index (χ3n) is 3.84. The van der Waals surface area contributed by atoms with E-state index in [1.807, 2.05) is 0 Å². The van der Waals surface area contributed by atoms with Crippen LogP contribution in [0, 0.1) is 6.92 Å². The van der Waals surface area contributed by atoms with Crippen LogP contribution in [0.1, 0.15) is 5.56 Å². The first-order valence-corrected chi connectivity index (χ1v) is 9.20. The minimum absolute atomic E-state index is 0.836. The van der Waals surface area contributed by atoms with Crippen LogP contribution in [0.3, 0.4) is 0 Å². The molecule has 2 aromatic carbocycles. The summed E-state index contributed by atoms with van der Waals surface area (Å²) in [5.41, 5.74) is 4.57. The van der Waals surface area contributed by atoms with Crippen molar-refractivity contribution in [2.24, 2.45) is 0 Å². The number of hydrogen-bond donors (Lipinski definition) is 1. The fourth-order valence-electron chi connectivity index (χ4n) is 2.59. The normalized spacial score (nSPS) is 10.9. The first-order chi connectivity index (χ1) is 11.7. The number of halogens is 1. The van der Waals surface area contributed by atoms with E-state index in [-0.39, 0.29) is 0 Å². The molecule has 0 saturated heterocycles. The molecule has 0 fully saturated rings. The van der Waals surface area contributed by atoms with Crippen molar-refractivity contribution < 1.29 is 0 Å². The average molecular weight is 396 g/mol. The smallest absolute Gasteiger partial charge is 0.143 e. The number of anilines is 2. The summed E-state index contributed by atoms with van der Waals surface area (Å²) in [5, 5.41) is 6.63. The van der Waals surface area contributed by atoms with E-state index >= 15 is 0 Å². The summed E-state index contributed by atoms with van der Waals surface area (Å²) in [5.74, 6) is 0.836. The molecule has 4 rings (SSSR count). The van der Waals surface area contributed by atoms with Gasteiger partial charge in [-0.15, -0.1) is 11.3 Å². The Morgan fingerprint density at radius 3 is 2.46 bits per heavy atom. The maximum Gasteiger partial charge on any atom is 0.143 e. The minimum atomic E-state index is 0.836. The Kier molecular flexibility index (Phi) is 4.04. The van der Waals surface area contributed by atoms with E-state index < -0.39 is 0 Å². The summed E-state index contributed by atoms with van der Waals surface area (Å²) < 4.78 is 1.07. The lowest BCUT2D eigenvalue weighted by Crippen LogP contribution is -1.95. The van der Waals surface area contributed by atoms with Gasteiger partial charge in [-0.2, -0.15) is 0 Å². The van der Waals surface area contributed by atoms with Crippen LogP contribution in [0.5, 0.6) is 0 Å². The number of nitrogens with one attached hydrogen (secondary N) is 1. The van der Waals surface area contributed by atoms with E-state index in [0.717, 1.165) is 37.3 Å². The lowest BCUT2D eigenvalue weighted by atomic mass is 10.1. The standard InChI is InChI=1S/C19H14BrN3S/c1-12-2-8-15(9-3-12)23-18-17-16(10-24-19(17)22-11-21-18)13-4-6-14(20)7-5-13/h2-11H,1H3,(H,21,22,23). The molecule has 0 aliphatic heterocycles. The van der Waals surface area contributed by atoms with Gasteiger partial charge in [-0.05, 0) is 36.8 Å². The maximum atomic E-state index is 4.48. The largest absolute Gasteiger partial charge is 0.340 e. The maximum absolute atomic E-state index is 4.48. The highest BCUT2D eigenvalue weighted by molar-refractivity contribution is 9.10. The summed E-state index contributed by atoms with van der Waals surface area (Å²) in [6, 6.07) is 16.6. The first kappa shape index (κ1) is 15.3. The summed E-state index contributed by atoms with van der Waals surface area (Å²) in [4.78, 5) is 9.88. The zero-order valence-electron chi connectivity index (χ0n) is 13.0. The average Bonchev–Trinajstić information content (AvgIpc) is 3.03. The van der Waals surface area contributed by atoms with Crippen LogP contribution in [-0.2, 0) is 0 Å². The molecule has 5 heteroatoms. The highest BCUT2D eigenvalue weighted by atomic mass is 79.9. The lowest BCUT2D eigenvalue weighted by molar-refractivity contribution is 1.23. The molecule has 1 N–H and O–H groups in total. The topological polar surface area (TPSA) is 37.8 Å². The fraction of sp³-hybridized carbons (Fsp3) is 0.0526. The third kappa shape index (κ3) is 2.92. The molecule has 0 unspecified atom stereocenters. The number of thiophene rings is 1. The Labute approximate surface area is 152 Å². The van der Waals surface area contributed by atoms with Gasteiger partial charge in [0.2, 0.25) is 0 Å². The van der Waals surface area contributed by atoms with Crippen molar-refractivity contribution in [1.29, 1.82) is 0 Å². The van der Waals surface area contributed by atoms with Crippen LogP contribution < -0.4 is 5.32 Å². The molecule has 24 heavy (non-hydrogen) atoms. The Bertz CT molecular complexity index is 991. The van der Waals surface area contributed by atoms with Gasteiger partial charge in [0.25, 0.3) is 0 Å². The van der Waals surface area contributed by atoms with Gasteiger partial charge in [0.15, 0.2) is 0 Å². The molecule has 4 aromatic rings. The summed E-state index contributed by atoms with van der Waals surface area (Å²) in [6.45, 7) is 2.08. The molecular formula is C19H14BrN3S. The Morgan fingerprint density at radius 2 is 1.71 bits per heavy atom. The predicted molar refractivity (Wildman–Crippen MR) is 105 cm³/mol. The molecule has 0 aliphatic rings. The van der Waals surface area contributed by atoms with E-state index in [2.05, 4.69) is 92.0 Å². The second-order valence-electron chi connectivity index (χ2n) is 5.55. The van der Waals surface area contributed by atoms with Gasteiger partial charge in [-0.1, -0.05) is 45.8 Å². The van der Waals surface area contributed by atoms with Gasteiger partial charge in [0.05, 0.1) is 5.39 Å². The zero-order valence-corrected chi connectivity index (χ0v) is 15.4. The SMILES string of the molecule is Cc1ccc(Nc2ncnc3scc(-c4ccc(Br)cc4)c23)cc1. The Morgan fingerprint density at radius 1 is 0.958 bits per heavy atom. The van der Waals surface area contributed by atoms with Crippen molar-refractivity contribution >= 4 is 49.0 Å². The first-order valence-electron chi connectivity index (χ1n) is 7.52. The molecule has 3 nitrogen and oxygen atoms in total. The van der Waals surface area contributed by atoms with Crippen LogP contribution in [0.4, 0.5) is 11.5 Å². The number of aryl methyl sites for hydroxylation is 1. The molecule has 0 amide bonds. The van der Waals surface area contributed by atoms with Crippen molar-refractivity contribution in [1.82, 2.24) is 9.97 Å². The van der Waals surface area contributed by atoms with Gasteiger partial charge in [-0.3, -0.25) is 0 Å². The molecule has 0 saturated carbocycles. The van der Waals surface area contributed by atoms with E-state index in [1.165, 1.54) is 5.56 Å². The van der Waals surface area contributed by atoms with Crippen LogP contribution in [0.25, 0.3) is 21.3 Å². The second-order valence-corrected chi connectivity index (χ2v) is 7.32. The van der Waals surface area contributed by atoms with E-state index in [9.17, 15) is 0 Å². The van der Waals surface area contributed by atoms with Gasteiger partial charge in [0.1, 0.15) is 17.0 Å². The molecule has 0 bridgehead atoms. The Hall–Kier alpha value is -2.24. The van der Waals surface area contributed by atoms with Crippen molar-refractivity contribution in [3.8, 4) is 11.1 Å². The molecule has 2 aromatic heterocycles. The summed E-state index contributed by atoms with van der Waals surface area (Å²) in [6.07, 6.45) is 1.61. The summed E-state index contributed by atoms with van der Waals surface area (Å²) >= 11 is 5.13. The number of fused-ring (bicyclic) bond motifs is 1. The van der Waals surface area contributed by atoms with Crippen LogP contribution in [-0.4, -0.2) is 9.97 Å². The molecular weight excluding hydrogens is 382 g/mol. The van der Waals surface area contributed by atoms with Crippen molar-refractivity contribution in [3.63, 3.8) is 0 Å². The van der Waals surface area contributed by atoms with Crippen LogP contribution in [0.15, 0.2) is 64.7 Å². The molecule has 0 spiro atoms. The predicted octanol–water partition coefficient (Wildman–Crippen LogP) is 6.17. The number of benzene rings is 2. The zero-order chi connectivity index (χ0) is 16.5. The van der Waals surface area contributed by atoms with Crippen LogP contribution >= 0.6 is 27.3 Å². The monoisotopic (exact) mass is 395 g/mol. The van der Waals surface area contributed by atoms with Gasteiger partial charge in [0, 0.05) is 21.1 Å². The third-order valence-corrected chi connectivity index (χ3v) is 5.25. The molecule has 0 aliphatic carbocycles. The second kappa shape index (κ2) is 6.34. The van der Waals surface area contributed by atoms with Gasteiger partial charge < -0.3 is 5.32 Å². The molecule has 0 radical (unpaired) electrons. The highest BCUT2D eigenvalue weighted by Crippen LogP contribution is 2.37. The molecule has 2 heterocycles.